The number of nitrogens with one attached hydrogen (secondary N) is 1. The van der Waals surface area contributed by atoms with Crippen molar-refractivity contribution in [3.63, 3.8) is 0 Å². The summed E-state index contributed by atoms with van der Waals surface area (Å²) in [5, 5.41) is 20.1. The van der Waals surface area contributed by atoms with Gasteiger partial charge in [0.2, 0.25) is 0 Å². The van der Waals surface area contributed by atoms with Crippen LogP contribution < -0.4 is 5.32 Å². The molecule has 0 radical (unpaired) electrons. The second kappa shape index (κ2) is 5.75. The lowest BCUT2D eigenvalue weighted by atomic mass is 10.2. The second-order valence-corrected chi connectivity index (χ2v) is 3.60. The molecule has 1 amide bonds. The van der Waals surface area contributed by atoms with Crippen molar-refractivity contribution in [2.45, 2.75) is 10.9 Å². The number of amides is 1. The Morgan fingerprint density at radius 3 is 2.60 bits per heavy atom. The first-order valence-electron chi connectivity index (χ1n) is 4.49. The predicted molar refractivity (Wildman–Crippen MR) is 59.1 cm³/mol. The van der Waals surface area contributed by atoms with E-state index >= 15 is 0 Å². The monoisotopic (exact) mass is 227 g/mol. The zero-order valence-electron chi connectivity index (χ0n) is 8.05. The highest BCUT2D eigenvalue weighted by molar-refractivity contribution is 7.80. The molecule has 0 atom stereocenters. The topological polar surface area (TPSA) is 69.6 Å². The highest BCUT2D eigenvalue weighted by Gasteiger charge is 2.11. The fourth-order valence-corrected chi connectivity index (χ4v) is 1.29. The maximum absolute atomic E-state index is 11.6. The molecular weight excluding hydrogens is 214 g/mol. The lowest BCUT2D eigenvalue weighted by molar-refractivity contribution is 0.0879. The van der Waals surface area contributed by atoms with E-state index in [4.69, 9.17) is 10.2 Å². The smallest absolute Gasteiger partial charge is 0.251 e. The van der Waals surface area contributed by atoms with Crippen molar-refractivity contribution in [1.29, 1.82) is 0 Å². The lowest BCUT2D eigenvalue weighted by Crippen LogP contribution is -2.40. The van der Waals surface area contributed by atoms with E-state index in [0.717, 1.165) is 0 Å². The third kappa shape index (κ3) is 3.54. The molecule has 0 heterocycles. The molecule has 1 aromatic rings. The standard InChI is InChI=1S/C10H13NO3S/c12-5-8(6-13)11-10(14)7-2-1-3-9(15)4-7/h1-4,8,12-13,15H,5-6H2,(H,11,14). The molecule has 0 unspecified atom stereocenters. The minimum atomic E-state index is -0.624. The van der Waals surface area contributed by atoms with Crippen molar-refractivity contribution in [2.24, 2.45) is 0 Å². The lowest BCUT2D eigenvalue weighted by Gasteiger charge is -2.13. The summed E-state index contributed by atoms with van der Waals surface area (Å²) in [4.78, 5) is 12.2. The van der Waals surface area contributed by atoms with Crippen LogP contribution in [0.2, 0.25) is 0 Å². The third-order valence-corrected chi connectivity index (χ3v) is 2.16. The van der Waals surface area contributed by atoms with Gasteiger partial charge in [-0.1, -0.05) is 6.07 Å². The van der Waals surface area contributed by atoms with Crippen molar-refractivity contribution in [1.82, 2.24) is 5.32 Å². The highest BCUT2D eigenvalue weighted by atomic mass is 32.1. The Hall–Kier alpha value is -1.04. The van der Waals surface area contributed by atoms with Crippen LogP contribution in [-0.2, 0) is 0 Å². The molecule has 0 saturated heterocycles. The van der Waals surface area contributed by atoms with Crippen molar-refractivity contribution in [2.75, 3.05) is 13.2 Å². The number of hydrogen-bond donors (Lipinski definition) is 4. The largest absolute Gasteiger partial charge is 0.394 e. The summed E-state index contributed by atoms with van der Waals surface area (Å²) in [5.41, 5.74) is 0.453. The molecule has 0 spiro atoms. The van der Waals surface area contributed by atoms with Crippen LogP contribution in [0, 0.1) is 0 Å². The van der Waals surface area contributed by atoms with E-state index in [1.807, 2.05) is 0 Å². The first-order chi connectivity index (χ1) is 7.17. The van der Waals surface area contributed by atoms with E-state index in [-0.39, 0.29) is 19.1 Å². The quantitative estimate of drug-likeness (QED) is 0.550. The molecule has 3 N–H and O–H groups in total. The zero-order valence-corrected chi connectivity index (χ0v) is 8.95. The van der Waals surface area contributed by atoms with E-state index in [1.54, 1.807) is 24.3 Å². The summed E-state index contributed by atoms with van der Waals surface area (Å²) in [5.74, 6) is -0.334. The molecule has 0 aliphatic heterocycles. The first kappa shape index (κ1) is 12.0. The van der Waals surface area contributed by atoms with Gasteiger partial charge in [-0.15, -0.1) is 12.6 Å². The van der Waals surface area contributed by atoms with Gasteiger partial charge >= 0.3 is 0 Å². The Morgan fingerprint density at radius 2 is 2.07 bits per heavy atom. The van der Waals surface area contributed by atoms with Crippen LogP contribution in [0.1, 0.15) is 10.4 Å². The molecule has 0 aliphatic rings. The maximum Gasteiger partial charge on any atom is 0.251 e. The van der Waals surface area contributed by atoms with Crippen LogP contribution in [0.5, 0.6) is 0 Å². The molecule has 0 fully saturated rings. The number of aliphatic hydroxyl groups is 2. The van der Waals surface area contributed by atoms with Gasteiger partial charge in [0.15, 0.2) is 0 Å². The molecule has 1 rings (SSSR count). The fourth-order valence-electron chi connectivity index (χ4n) is 1.06. The SMILES string of the molecule is O=C(NC(CO)CO)c1cccc(S)c1. The van der Waals surface area contributed by atoms with Gasteiger partial charge in [-0.25, -0.2) is 0 Å². The molecule has 0 bridgehead atoms. The van der Waals surface area contributed by atoms with Gasteiger partial charge in [0.05, 0.1) is 19.3 Å². The Bertz CT molecular complexity index is 339. The van der Waals surface area contributed by atoms with Crippen LogP contribution in [0.3, 0.4) is 0 Å². The molecule has 0 saturated carbocycles. The number of aliphatic hydroxyl groups excluding tert-OH is 2. The molecule has 0 aliphatic carbocycles. The second-order valence-electron chi connectivity index (χ2n) is 3.09. The fraction of sp³-hybridized carbons (Fsp3) is 0.300. The van der Waals surface area contributed by atoms with Gasteiger partial charge in [-0.3, -0.25) is 4.79 Å². The summed E-state index contributed by atoms with van der Waals surface area (Å²) in [6, 6.07) is 6.10. The Morgan fingerprint density at radius 1 is 1.40 bits per heavy atom. The van der Waals surface area contributed by atoms with E-state index in [2.05, 4.69) is 17.9 Å². The van der Waals surface area contributed by atoms with Crippen LogP contribution in [0.15, 0.2) is 29.2 Å². The first-order valence-corrected chi connectivity index (χ1v) is 4.93. The highest BCUT2D eigenvalue weighted by Crippen LogP contribution is 2.08. The average molecular weight is 227 g/mol. The van der Waals surface area contributed by atoms with Crippen LogP contribution in [0.25, 0.3) is 0 Å². The predicted octanol–water partition coefficient (Wildman–Crippen LogP) is 0.0583. The Labute approximate surface area is 93.3 Å². The van der Waals surface area contributed by atoms with Crippen LogP contribution >= 0.6 is 12.6 Å². The summed E-state index contributed by atoms with van der Waals surface area (Å²) >= 11 is 4.11. The molecule has 0 aromatic heterocycles. The number of thiol groups is 1. The normalized spacial score (nSPS) is 10.4. The van der Waals surface area contributed by atoms with E-state index in [9.17, 15) is 4.79 Å². The Balaban J connectivity index is 2.68. The molecular formula is C10H13NO3S. The van der Waals surface area contributed by atoms with E-state index < -0.39 is 6.04 Å². The molecule has 4 nitrogen and oxygen atoms in total. The van der Waals surface area contributed by atoms with Gasteiger partial charge in [0, 0.05) is 10.5 Å². The third-order valence-electron chi connectivity index (χ3n) is 1.88. The zero-order chi connectivity index (χ0) is 11.3. The average Bonchev–Trinajstić information content (AvgIpc) is 2.25. The Kier molecular flexibility index (Phi) is 4.61. The van der Waals surface area contributed by atoms with E-state index in [0.29, 0.717) is 10.5 Å². The van der Waals surface area contributed by atoms with Crippen molar-refractivity contribution >= 4 is 18.5 Å². The summed E-state index contributed by atoms with van der Waals surface area (Å²) < 4.78 is 0. The van der Waals surface area contributed by atoms with E-state index in [1.165, 1.54) is 0 Å². The molecule has 5 heteroatoms. The molecule has 15 heavy (non-hydrogen) atoms. The van der Waals surface area contributed by atoms with Crippen molar-refractivity contribution < 1.29 is 15.0 Å². The minimum Gasteiger partial charge on any atom is -0.394 e. The maximum atomic E-state index is 11.6. The van der Waals surface area contributed by atoms with Gasteiger partial charge < -0.3 is 15.5 Å². The number of hydrogen-bond acceptors (Lipinski definition) is 4. The van der Waals surface area contributed by atoms with Gasteiger partial charge in [0.25, 0.3) is 5.91 Å². The summed E-state index contributed by atoms with van der Waals surface area (Å²) in [7, 11) is 0. The number of carbonyl (C=O) groups excluding carboxylic acids is 1. The summed E-state index contributed by atoms with van der Waals surface area (Å²) in [6.07, 6.45) is 0. The van der Waals surface area contributed by atoms with Crippen molar-refractivity contribution in [3.8, 4) is 0 Å². The van der Waals surface area contributed by atoms with Crippen LogP contribution in [-0.4, -0.2) is 35.4 Å². The van der Waals surface area contributed by atoms with Crippen molar-refractivity contribution in [3.05, 3.63) is 29.8 Å². The number of carbonyl (C=O) groups is 1. The number of benzene rings is 1. The molecule has 1 aromatic carbocycles. The van der Waals surface area contributed by atoms with Gasteiger partial charge in [-0.05, 0) is 18.2 Å². The number of rotatable bonds is 4. The molecule has 82 valence electrons. The van der Waals surface area contributed by atoms with Gasteiger partial charge in [0.1, 0.15) is 0 Å². The minimum absolute atomic E-state index is 0.289. The summed E-state index contributed by atoms with van der Waals surface area (Å²) in [6.45, 7) is -0.578. The van der Waals surface area contributed by atoms with Crippen LogP contribution in [0.4, 0.5) is 0 Å². The van der Waals surface area contributed by atoms with Gasteiger partial charge in [-0.2, -0.15) is 0 Å².